The van der Waals surface area contributed by atoms with Crippen LogP contribution in [0.2, 0.25) is 0 Å². The zero-order valence-electron chi connectivity index (χ0n) is 11.1. The van der Waals surface area contributed by atoms with Crippen molar-refractivity contribution in [2.45, 2.75) is 0 Å². The van der Waals surface area contributed by atoms with Gasteiger partial charge < -0.3 is 24.4 Å². The van der Waals surface area contributed by atoms with Gasteiger partial charge in [-0.1, -0.05) is 0 Å². The molecule has 3 heterocycles. The van der Waals surface area contributed by atoms with Crippen molar-refractivity contribution in [3.05, 3.63) is 53.4 Å². The number of aliphatic imine (C=N–C) groups is 1. The zero-order valence-corrected chi connectivity index (χ0v) is 11.1. The summed E-state index contributed by atoms with van der Waals surface area (Å²) in [6.45, 7) is 0.125. The predicted octanol–water partition coefficient (Wildman–Crippen LogP) is 2.92. The fraction of sp³-hybridized carbons (Fsp3) is 0.133. The molecular formula is C15H12N3O3-. The molecule has 6 heteroatoms. The highest BCUT2D eigenvalue weighted by Gasteiger charge is 2.12. The van der Waals surface area contributed by atoms with Crippen LogP contribution in [0, 0.1) is 5.21 Å². The summed E-state index contributed by atoms with van der Waals surface area (Å²) in [5, 5.41) is 12.9. The second-order valence-corrected chi connectivity index (χ2v) is 4.82. The summed E-state index contributed by atoms with van der Waals surface area (Å²) in [5.41, 5.74) is 2.79. The molecule has 1 aliphatic rings. The van der Waals surface area contributed by atoms with E-state index in [0.29, 0.717) is 5.90 Å². The Morgan fingerprint density at radius 1 is 1.24 bits per heavy atom. The lowest BCUT2D eigenvalue weighted by Crippen LogP contribution is -2.28. The summed E-state index contributed by atoms with van der Waals surface area (Å²) in [7, 11) is 0. The van der Waals surface area contributed by atoms with Gasteiger partial charge in [0.2, 0.25) is 5.90 Å². The molecule has 0 amide bonds. The van der Waals surface area contributed by atoms with Gasteiger partial charge in [-0.3, -0.25) is 0 Å². The van der Waals surface area contributed by atoms with E-state index in [-0.39, 0.29) is 13.4 Å². The number of ether oxygens (including phenoxy) is 1. The topological polar surface area (TPSA) is 76.8 Å². The van der Waals surface area contributed by atoms with E-state index < -0.39 is 0 Å². The molecule has 1 aromatic carbocycles. The highest BCUT2D eigenvalue weighted by atomic mass is 16.6. The van der Waals surface area contributed by atoms with Crippen molar-refractivity contribution in [3.8, 4) is 11.5 Å². The first-order valence-electron chi connectivity index (χ1n) is 6.56. The van der Waals surface area contributed by atoms with Crippen LogP contribution in [0.15, 0.2) is 52.1 Å². The number of aromatic amines is 1. The van der Waals surface area contributed by atoms with Crippen molar-refractivity contribution < 1.29 is 9.15 Å². The Morgan fingerprint density at radius 2 is 2.19 bits per heavy atom. The number of H-pyrrole nitrogens is 1. The monoisotopic (exact) mass is 282 g/mol. The molecule has 1 aliphatic heterocycles. The molecule has 0 atom stereocenters. The first kappa shape index (κ1) is 12.2. The molecule has 0 aliphatic carbocycles. The molecule has 6 nitrogen and oxygen atoms in total. The molecule has 4 rings (SSSR count). The lowest BCUT2D eigenvalue weighted by molar-refractivity contribution is 0.144. The Morgan fingerprint density at radius 3 is 2.95 bits per heavy atom. The Hall–Kier alpha value is -2.57. The van der Waals surface area contributed by atoms with Crippen LogP contribution in [0.1, 0.15) is 5.56 Å². The SMILES string of the molecule is [O-]N1CN=C(c2ccc3[nH]c(-c4ccco4)cc3c2)OC1. The quantitative estimate of drug-likeness (QED) is 0.784. The Kier molecular flexibility index (Phi) is 2.77. The average Bonchev–Trinajstić information content (AvgIpc) is 3.16. The lowest BCUT2D eigenvalue weighted by Gasteiger charge is -2.30. The van der Waals surface area contributed by atoms with Crippen molar-refractivity contribution in [1.29, 1.82) is 0 Å². The summed E-state index contributed by atoms with van der Waals surface area (Å²) < 4.78 is 10.7. The van der Waals surface area contributed by atoms with Crippen molar-refractivity contribution in [1.82, 2.24) is 10.0 Å². The van der Waals surface area contributed by atoms with E-state index in [2.05, 4.69) is 9.98 Å². The van der Waals surface area contributed by atoms with Crippen LogP contribution < -0.4 is 0 Å². The Balaban J connectivity index is 1.73. The number of furan rings is 1. The second kappa shape index (κ2) is 4.76. The number of hydrogen-bond donors (Lipinski definition) is 1. The third-order valence-electron chi connectivity index (χ3n) is 3.37. The number of hydrogen-bond acceptors (Lipinski definition) is 5. The number of nitrogens with zero attached hydrogens (tertiary/aromatic N) is 2. The maximum atomic E-state index is 11.1. The number of rotatable bonds is 2. The summed E-state index contributed by atoms with van der Waals surface area (Å²) in [6, 6.07) is 11.6. The molecule has 3 aromatic rings. The third kappa shape index (κ3) is 2.20. The van der Waals surface area contributed by atoms with Gasteiger partial charge in [-0.25, -0.2) is 4.99 Å². The molecule has 0 radical (unpaired) electrons. The molecule has 0 unspecified atom stereocenters. The maximum Gasteiger partial charge on any atom is 0.218 e. The van der Waals surface area contributed by atoms with Crippen molar-refractivity contribution in [2.24, 2.45) is 4.99 Å². The minimum atomic E-state index is 0.0155. The molecule has 2 aromatic heterocycles. The van der Waals surface area contributed by atoms with Gasteiger partial charge in [-0.2, -0.15) is 0 Å². The third-order valence-corrected chi connectivity index (χ3v) is 3.37. The van der Waals surface area contributed by atoms with Gasteiger partial charge >= 0.3 is 0 Å². The van der Waals surface area contributed by atoms with E-state index in [1.54, 1.807) is 6.26 Å². The summed E-state index contributed by atoms with van der Waals surface area (Å²) in [6.07, 6.45) is 1.64. The lowest BCUT2D eigenvalue weighted by atomic mass is 10.1. The van der Waals surface area contributed by atoms with Gasteiger partial charge in [0.25, 0.3) is 0 Å². The van der Waals surface area contributed by atoms with Crippen LogP contribution in [0.3, 0.4) is 0 Å². The van der Waals surface area contributed by atoms with Gasteiger partial charge in [0.15, 0.2) is 0 Å². The van der Waals surface area contributed by atoms with Gasteiger partial charge in [0.1, 0.15) is 12.5 Å². The van der Waals surface area contributed by atoms with Crippen molar-refractivity contribution in [3.63, 3.8) is 0 Å². The molecule has 21 heavy (non-hydrogen) atoms. The van der Waals surface area contributed by atoms with E-state index in [1.807, 2.05) is 36.4 Å². The maximum absolute atomic E-state index is 11.1. The highest BCUT2D eigenvalue weighted by Crippen LogP contribution is 2.25. The number of nitrogens with one attached hydrogen (secondary N) is 1. The fourth-order valence-electron chi connectivity index (χ4n) is 2.37. The Bertz CT molecular complexity index is 805. The molecule has 0 saturated heterocycles. The van der Waals surface area contributed by atoms with Crippen LogP contribution in [0.4, 0.5) is 0 Å². The normalized spacial score (nSPS) is 16.0. The fourth-order valence-corrected chi connectivity index (χ4v) is 2.37. The average molecular weight is 282 g/mol. The first-order valence-corrected chi connectivity index (χ1v) is 6.56. The van der Waals surface area contributed by atoms with E-state index in [4.69, 9.17) is 9.15 Å². The molecule has 0 fully saturated rings. The van der Waals surface area contributed by atoms with Crippen LogP contribution >= 0.6 is 0 Å². The van der Waals surface area contributed by atoms with E-state index in [1.165, 1.54) is 0 Å². The van der Waals surface area contributed by atoms with E-state index >= 15 is 0 Å². The van der Waals surface area contributed by atoms with Gasteiger partial charge in [-0.15, -0.1) is 0 Å². The molecule has 106 valence electrons. The van der Waals surface area contributed by atoms with E-state index in [9.17, 15) is 5.21 Å². The Labute approximate surface area is 120 Å². The van der Waals surface area contributed by atoms with Crippen LogP contribution in [0.5, 0.6) is 0 Å². The molecule has 0 spiro atoms. The number of hydroxylamine groups is 2. The zero-order chi connectivity index (χ0) is 14.2. The minimum Gasteiger partial charge on any atom is -0.782 e. The van der Waals surface area contributed by atoms with Crippen LogP contribution in [-0.2, 0) is 4.74 Å². The summed E-state index contributed by atoms with van der Waals surface area (Å²) in [5.74, 6) is 1.30. The number of aromatic nitrogens is 1. The predicted molar refractivity (Wildman–Crippen MR) is 78.6 cm³/mol. The molecule has 0 saturated carbocycles. The summed E-state index contributed by atoms with van der Waals surface area (Å²) >= 11 is 0. The largest absolute Gasteiger partial charge is 0.782 e. The molecular weight excluding hydrogens is 270 g/mol. The standard InChI is InChI=1S/C15H12N3O3/c19-18-8-16-15(21-9-18)10-3-4-12-11(6-10)7-13(17-12)14-2-1-5-20-14/h1-7,17H,8-9H2/q-1. The van der Waals surface area contributed by atoms with E-state index in [0.717, 1.165) is 33.0 Å². The van der Waals surface area contributed by atoms with Crippen LogP contribution in [0.25, 0.3) is 22.4 Å². The van der Waals surface area contributed by atoms with Gasteiger partial charge in [0.05, 0.1) is 18.6 Å². The molecule has 0 bridgehead atoms. The number of fused-ring (bicyclic) bond motifs is 1. The summed E-state index contributed by atoms with van der Waals surface area (Å²) in [4.78, 5) is 7.43. The second-order valence-electron chi connectivity index (χ2n) is 4.82. The van der Waals surface area contributed by atoms with Gasteiger partial charge in [-0.05, 0) is 36.4 Å². The van der Waals surface area contributed by atoms with Crippen LogP contribution in [-0.4, -0.2) is 29.3 Å². The number of benzene rings is 1. The van der Waals surface area contributed by atoms with Crippen molar-refractivity contribution >= 4 is 16.8 Å². The minimum absolute atomic E-state index is 0.0155. The smallest absolute Gasteiger partial charge is 0.218 e. The van der Waals surface area contributed by atoms with Gasteiger partial charge in [0, 0.05) is 16.5 Å². The highest BCUT2D eigenvalue weighted by molar-refractivity contribution is 5.99. The first-order chi connectivity index (χ1) is 10.3. The van der Waals surface area contributed by atoms with Crippen molar-refractivity contribution in [2.75, 3.05) is 13.4 Å². The molecule has 1 N–H and O–H groups in total.